The molecule has 2 aromatic carbocycles. The summed E-state index contributed by atoms with van der Waals surface area (Å²) in [5.74, 6) is -0.387. The number of hydrogen-bond donors (Lipinski definition) is 3. The predicted octanol–water partition coefficient (Wildman–Crippen LogP) is 2.94. The molecule has 0 saturated heterocycles. The van der Waals surface area contributed by atoms with Crippen molar-refractivity contribution in [1.82, 2.24) is 5.32 Å². The number of rotatable bonds is 9. The van der Waals surface area contributed by atoms with E-state index in [1.165, 1.54) is 16.7 Å². The van der Waals surface area contributed by atoms with Crippen molar-refractivity contribution in [3.8, 4) is 0 Å². The van der Waals surface area contributed by atoms with E-state index < -0.39 is 0 Å². The molecule has 1 aliphatic carbocycles. The van der Waals surface area contributed by atoms with Crippen LogP contribution in [0.4, 0.5) is 0 Å². The van der Waals surface area contributed by atoms with Gasteiger partial charge in [-0.3, -0.25) is 4.79 Å². The minimum Gasteiger partial charge on any atom is -0.379 e. The van der Waals surface area contributed by atoms with Gasteiger partial charge in [0.2, 0.25) is 5.91 Å². The number of ether oxygens (including phenoxy) is 1. The highest BCUT2D eigenvalue weighted by atomic mass is 16.5. The molecule has 3 rings (SSSR count). The fourth-order valence-corrected chi connectivity index (χ4v) is 5.11. The smallest absolute Gasteiger partial charge is 0.248 e. The van der Waals surface area contributed by atoms with Gasteiger partial charge >= 0.3 is 0 Å². The van der Waals surface area contributed by atoms with Crippen molar-refractivity contribution in [2.45, 2.75) is 63.1 Å². The lowest BCUT2D eigenvalue weighted by atomic mass is 9.62. The summed E-state index contributed by atoms with van der Waals surface area (Å²) in [5, 5.41) is 3.76. The largest absolute Gasteiger partial charge is 0.379 e. The van der Waals surface area contributed by atoms with E-state index in [0.717, 1.165) is 25.7 Å². The van der Waals surface area contributed by atoms with Gasteiger partial charge in [-0.2, -0.15) is 0 Å². The fraction of sp³-hybridized carbons (Fsp3) is 0.480. The molecule has 0 saturated carbocycles. The molecule has 0 aromatic heterocycles. The maximum atomic E-state index is 11.8. The first-order chi connectivity index (χ1) is 14.4. The van der Waals surface area contributed by atoms with E-state index in [1.807, 2.05) is 36.4 Å². The highest BCUT2D eigenvalue weighted by molar-refractivity contribution is 5.93. The number of hydrogen-bond acceptors (Lipinski definition) is 4. The van der Waals surface area contributed by atoms with Crippen molar-refractivity contribution < 1.29 is 9.53 Å². The molecule has 162 valence electrons. The van der Waals surface area contributed by atoms with Gasteiger partial charge in [0, 0.05) is 43.1 Å². The van der Waals surface area contributed by atoms with Crippen LogP contribution in [0.3, 0.4) is 0 Å². The Morgan fingerprint density at radius 1 is 1.20 bits per heavy atom. The average molecular weight is 410 g/mol. The number of methoxy groups -OCH3 is 1. The Kier molecular flexibility index (Phi) is 7.29. The van der Waals surface area contributed by atoms with E-state index >= 15 is 0 Å². The molecule has 0 fully saturated rings. The fourth-order valence-electron chi connectivity index (χ4n) is 5.11. The summed E-state index contributed by atoms with van der Waals surface area (Å²) in [7, 11) is 1.78. The van der Waals surface area contributed by atoms with E-state index in [2.05, 4.69) is 31.3 Å². The second-order valence-corrected chi connectivity index (χ2v) is 8.41. The van der Waals surface area contributed by atoms with Crippen LogP contribution < -0.4 is 16.8 Å². The van der Waals surface area contributed by atoms with Gasteiger partial charge in [0.05, 0.1) is 6.10 Å². The molecular weight excluding hydrogens is 374 g/mol. The third kappa shape index (κ3) is 4.43. The first-order valence-corrected chi connectivity index (χ1v) is 10.9. The van der Waals surface area contributed by atoms with Crippen LogP contribution in [0, 0.1) is 0 Å². The first kappa shape index (κ1) is 22.5. The summed E-state index contributed by atoms with van der Waals surface area (Å²) >= 11 is 0. The van der Waals surface area contributed by atoms with Crippen molar-refractivity contribution in [1.29, 1.82) is 0 Å². The molecule has 0 heterocycles. The number of benzene rings is 2. The Labute approximate surface area is 180 Å². The van der Waals surface area contributed by atoms with Gasteiger partial charge in [0.1, 0.15) is 0 Å². The minimum atomic E-state index is -0.387. The summed E-state index contributed by atoms with van der Waals surface area (Å²) in [4.78, 5) is 11.8. The van der Waals surface area contributed by atoms with Gasteiger partial charge in [-0.15, -0.1) is 0 Å². The molecule has 0 radical (unpaired) electrons. The first-order valence-electron chi connectivity index (χ1n) is 10.9. The summed E-state index contributed by atoms with van der Waals surface area (Å²) in [5.41, 5.74) is 16.2. The average Bonchev–Trinajstić information content (AvgIpc) is 2.77. The van der Waals surface area contributed by atoms with Crippen molar-refractivity contribution in [3.05, 3.63) is 70.8 Å². The van der Waals surface area contributed by atoms with Crippen LogP contribution in [0.2, 0.25) is 0 Å². The molecule has 5 heteroatoms. The number of primary amides is 1. The van der Waals surface area contributed by atoms with Crippen LogP contribution in [0.25, 0.3) is 0 Å². The second-order valence-electron chi connectivity index (χ2n) is 8.41. The van der Waals surface area contributed by atoms with Gasteiger partial charge in [-0.25, -0.2) is 0 Å². The van der Waals surface area contributed by atoms with E-state index in [-0.39, 0.29) is 29.5 Å². The lowest BCUT2D eigenvalue weighted by molar-refractivity contribution is 0.0240. The third-order valence-corrected chi connectivity index (χ3v) is 6.82. The summed E-state index contributed by atoms with van der Waals surface area (Å²) in [6.45, 7) is 5.12. The normalized spacial score (nSPS) is 21.1. The molecule has 0 bridgehead atoms. The topological polar surface area (TPSA) is 90.4 Å². The SMILES string of the molecule is CCC1(CC)c2cc(C(N)=O)ccc2C[C@H](OC)[C@H]1NC[C@@H](N)Cc1ccccc1. The van der Waals surface area contributed by atoms with Crippen LogP contribution in [-0.4, -0.2) is 37.7 Å². The van der Waals surface area contributed by atoms with Crippen molar-refractivity contribution in [3.63, 3.8) is 0 Å². The zero-order valence-corrected chi connectivity index (χ0v) is 18.4. The Balaban J connectivity index is 1.87. The Hall–Kier alpha value is -2.21. The highest BCUT2D eigenvalue weighted by Crippen LogP contribution is 2.44. The monoisotopic (exact) mass is 409 g/mol. The number of fused-ring (bicyclic) bond motifs is 1. The maximum absolute atomic E-state index is 11.8. The minimum absolute atomic E-state index is 0.00895. The van der Waals surface area contributed by atoms with E-state index in [9.17, 15) is 4.79 Å². The molecule has 1 amide bonds. The number of nitrogens with two attached hydrogens (primary N) is 2. The van der Waals surface area contributed by atoms with Gasteiger partial charge in [-0.05, 0) is 48.1 Å². The van der Waals surface area contributed by atoms with Crippen LogP contribution in [0.1, 0.15) is 53.7 Å². The molecule has 5 N–H and O–H groups in total. The van der Waals surface area contributed by atoms with Crippen LogP contribution in [-0.2, 0) is 23.0 Å². The van der Waals surface area contributed by atoms with Crippen molar-refractivity contribution in [2.24, 2.45) is 11.5 Å². The predicted molar refractivity (Wildman–Crippen MR) is 122 cm³/mol. The van der Waals surface area contributed by atoms with E-state index in [1.54, 1.807) is 7.11 Å². The van der Waals surface area contributed by atoms with Crippen LogP contribution >= 0.6 is 0 Å². The Bertz CT molecular complexity index is 849. The number of carbonyl (C=O) groups excluding carboxylic acids is 1. The van der Waals surface area contributed by atoms with Gasteiger partial charge in [0.25, 0.3) is 0 Å². The quantitative estimate of drug-likeness (QED) is 0.594. The summed E-state index contributed by atoms with van der Waals surface area (Å²) in [6.07, 6.45) is 3.54. The van der Waals surface area contributed by atoms with Gasteiger partial charge < -0.3 is 21.5 Å². The maximum Gasteiger partial charge on any atom is 0.248 e. The summed E-state index contributed by atoms with van der Waals surface area (Å²) < 4.78 is 5.95. The number of amides is 1. The van der Waals surface area contributed by atoms with Crippen molar-refractivity contribution in [2.75, 3.05) is 13.7 Å². The number of nitrogens with one attached hydrogen (secondary N) is 1. The molecule has 0 unspecified atom stereocenters. The standard InChI is InChI=1S/C25H35N3O2/c1-4-25(5-2)21-14-19(24(27)29)12-11-18(21)15-22(30-3)23(25)28-16-20(26)13-17-9-7-6-8-10-17/h6-12,14,20,22-23,28H,4-5,13,15-16,26H2,1-3H3,(H2,27,29)/t20-,22-,23+/m0/s1. The Morgan fingerprint density at radius 3 is 2.50 bits per heavy atom. The number of carbonyl (C=O) groups is 1. The second kappa shape index (κ2) is 9.73. The molecule has 2 aromatic rings. The van der Waals surface area contributed by atoms with Gasteiger partial charge in [-0.1, -0.05) is 50.2 Å². The van der Waals surface area contributed by atoms with Crippen LogP contribution in [0.5, 0.6) is 0 Å². The van der Waals surface area contributed by atoms with E-state index in [0.29, 0.717) is 12.1 Å². The zero-order valence-electron chi connectivity index (χ0n) is 18.4. The van der Waals surface area contributed by atoms with Crippen molar-refractivity contribution >= 4 is 5.91 Å². The van der Waals surface area contributed by atoms with Crippen LogP contribution in [0.15, 0.2) is 48.5 Å². The Morgan fingerprint density at radius 2 is 1.90 bits per heavy atom. The molecule has 1 aliphatic rings. The lowest BCUT2D eigenvalue weighted by Crippen LogP contribution is -2.60. The molecule has 0 aliphatic heterocycles. The lowest BCUT2D eigenvalue weighted by Gasteiger charge is -2.49. The molecule has 30 heavy (non-hydrogen) atoms. The molecule has 0 spiro atoms. The molecule has 5 nitrogen and oxygen atoms in total. The molecule has 3 atom stereocenters. The molecular formula is C25H35N3O2. The summed E-state index contributed by atoms with van der Waals surface area (Å²) in [6, 6.07) is 16.3. The zero-order chi connectivity index (χ0) is 21.7. The van der Waals surface area contributed by atoms with E-state index in [4.69, 9.17) is 16.2 Å². The third-order valence-electron chi connectivity index (χ3n) is 6.82. The highest BCUT2D eigenvalue weighted by Gasteiger charge is 2.46. The van der Waals surface area contributed by atoms with Gasteiger partial charge in [0.15, 0.2) is 0 Å².